The minimum Gasteiger partial charge on any atom is -0.365 e. The number of nitro groups is 1. The van der Waals surface area contributed by atoms with Crippen LogP contribution in [-0.2, 0) is 6.54 Å². The van der Waals surface area contributed by atoms with Crippen molar-refractivity contribution < 1.29 is 4.92 Å². The Kier molecular flexibility index (Phi) is 5.49. The summed E-state index contributed by atoms with van der Waals surface area (Å²) in [6.45, 7) is 5.42. The van der Waals surface area contributed by atoms with E-state index in [1.807, 2.05) is 24.3 Å². The number of nitriles is 1. The molecular formula is C20H22N4O2. The van der Waals surface area contributed by atoms with E-state index in [4.69, 9.17) is 5.26 Å². The highest BCUT2D eigenvalue weighted by Crippen LogP contribution is 2.30. The van der Waals surface area contributed by atoms with E-state index in [1.165, 1.54) is 11.6 Å². The fraction of sp³-hybridized carbons (Fsp3) is 0.350. The summed E-state index contributed by atoms with van der Waals surface area (Å²) in [7, 11) is 0. The largest absolute Gasteiger partial charge is 0.365 e. The second-order valence-electron chi connectivity index (χ2n) is 6.65. The summed E-state index contributed by atoms with van der Waals surface area (Å²) >= 11 is 0. The lowest BCUT2D eigenvalue weighted by Gasteiger charge is -2.26. The van der Waals surface area contributed by atoms with Crippen LogP contribution >= 0.6 is 0 Å². The third-order valence-corrected chi connectivity index (χ3v) is 4.97. The highest BCUT2D eigenvalue weighted by atomic mass is 16.6. The van der Waals surface area contributed by atoms with Crippen molar-refractivity contribution in [3.63, 3.8) is 0 Å². The van der Waals surface area contributed by atoms with Crippen molar-refractivity contribution >= 4 is 11.4 Å². The van der Waals surface area contributed by atoms with Crippen LogP contribution in [0.25, 0.3) is 0 Å². The van der Waals surface area contributed by atoms with Crippen molar-refractivity contribution in [2.24, 2.45) is 0 Å². The molecule has 1 aliphatic heterocycles. The number of anilines is 1. The lowest BCUT2D eigenvalue weighted by molar-refractivity contribution is -0.384. The summed E-state index contributed by atoms with van der Waals surface area (Å²) in [5.41, 5.74) is 2.20. The van der Waals surface area contributed by atoms with E-state index in [2.05, 4.69) is 28.9 Å². The molecule has 1 aliphatic rings. The molecule has 6 nitrogen and oxygen atoms in total. The molecule has 1 saturated heterocycles. The van der Waals surface area contributed by atoms with Gasteiger partial charge in [-0.1, -0.05) is 30.3 Å². The topological polar surface area (TPSA) is 73.4 Å². The third-order valence-electron chi connectivity index (χ3n) is 4.97. The number of hydrogen-bond donors (Lipinski definition) is 0. The third kappa shape index (κ3) is 4.01. The molecule has 0 aliphatic carbocycles. The monoisotopic (exact) mass is 350 g/mol. The molecular weight excluding hydrogens is 328 g/mol. The van der Waals surface area contributed by atoms with Gasteiger partial charge >= 0.3 is 0 Å². The summed E-state index contributed by atoms with van der Waals surface area (Å²) in [5.74, 6) is 0. The standard InChI is InChI=1S/C20H22N4O2/c1-16-9-10-22(11-12-23(16)15-17-5-3-2-4-6-17)19-8-7-18(14-21)13-20(19)24(25)26/h2-8,13,16H,9-12,15H2,1H3. The Hall–Kier alpha value is -2.91. The van der Waals surface area contributed by atoms with Gasteiger partial charge in [0.25, 0.3) is 5.69 Å². The van der Waals surface area contributed by atoms with Crippen LogP contribution in [0, 0.1) is 21.4 Å². The molecule has 0 bridgehead atoms. The first kappa shape index (κ1) is 17.9. The van der Waals surface area contributed by atoms with Gasteiger partial charge in [0.15, 0.2) is 0 Å². The zero-order valence-electron chi connectivity index (χ0n) is 14.8. The Balaban J connectivity index is 1.78. The first-order valence-electron chi connectivity index (χ1n) is 8.80. The van der Waals surface area contributed by atoms with E-state index in [1.54, 1.807) is 12.1 Å². The van der Waals surface area contributed by atoms with Crippen LogP contribution in [0.15, 0.2) is 48.5 Å². The maximum atomic E-state index is 11.4. The first-order chi connectivity index (χ1) is 12.6. The van der Waals surface area contributed by atoms with Crippen LogP contribution in [0.3, 0.4) is 0 Å². The highest BCUT2D eigenvalue weighted by molar-refractivity contribution is 5.65. The molecule has 0 amide bonds. The Morgan fingerprint density at radius 3 is 2.65 bits per heavy atom. The van der Waals surface area contributed by atoms with Gasteiger partial charge in [-0.25, -0.2) is 0 Å². The van der Waals surface area contributed by atoms with Crippen LogP contribution in [0.5, 0.6) is 0 Å². The average Bonchev–Trinajstić information content (AvgIpc) is 2.84. The Labute approximate surface area is 153 Å². The smallest absolute Gasteiger partial charge is 0.293 e. The second kappa shape index (κ2) is 7.98. The zero-order valence-corrected chi connectivity index (χ0v) is 14.8. The molecule has 3 rings (SSSR count). The number of benzene rings is 2. The highest BCUT2D eigenvalue weighted by Gasteiger charge is 2.25. The number of hydrogen-bond acceptors (Lipinski definition) is 5. The second-order valence-corrected chi connectivity index (χ2v) is 6.65. The lowest BCUT2D eigenvalue weighted by Crippen LogP contribution is -2.34. The molecule has 0 aromatic heterocycles. The maximum absolute atomic E-state index is 11.4. The van der Waals surface area contributed by atoms with Crippen LogP contribution in [-0.4, -0.2) is 35.5 Å². The van der Waals surface area contributed by atoms with Crippen LogP contribution in [0.4, 0.5) is 11.4 Å². The van der Waals surface area contributed by atoms with Gasteiger partial charge in [0.1, 0.15) is 5.69 Å². The van der Waals surface area contributed by atoms with Gasteiger partial charge in [-0.15, -0.1) is 0 Å². The summed E-state index contributed by atoms with van der Waals surface area (Å²) < 4.78 is 0. The van der Waals surface area contributed by atoms with Crippen molar-refractivity contribution in [3.05, 3.63) is 69.8 Å². The van der Waals surface area contributed by atoms with Crippen LogP contribution in [0.2, 0.25) is 0 Å². The van der Waals surface area contributed by atoms with Crippen molar-refractivity contribution in [1.82, 2.24) is 4.90 Å². The molecule has 1 atom stereocenters. The van der Waals surface area contributed by atoms with Crippen molar-refractivity contribution in [3.8, 4) is 6.07 Å². The van der Waals surface area contributed by atoms with E-state index in [0.717, 1.165) is 32.6 Å². The fourth-order valence-electron chi connectivity index (χ4n) is 3.41. The first-order valence-corrected chi connectivity index (χ1v) is 8.80. The SMILES string of the molecule is CC1CCN(c2ccc(C#N)cc2[N+](=O)[O-])CCN1Cc1ccccc1. The average molecular weight is 350 g/mol. The van der Waals surface area contributed by atoms with Gasteiger partial charge in [-0.3, -0.25) is 15.0 Å². The van der Waals surface area contributed by atoms with Crippen LogP contribution < -0.4 is 4.90 Å². The Bertz CT molecular complexity index is 816. The van der Waals surface area contributed by atoms with E-state index >= 15 is 0 Å². The fourth-order valence-corrected chi connectivity index (χ4v) is 3.41. The molecule has 0 radical (unpaired) electrons. The van der Waals surface area contributed by atoms with Gasteiger partial charge in [0, 0.05) is 38.3 Å². The number of nitrogens with zero attached hydrogens (tertiary/aromatic N) is 4. The lowest BCUT2D eigenvalue weighted by atomic mass is 10.1. The van der Waals surface area contributed by atoms with Crippen molar-refractivity contribution in [2.45, 2.75) is 25.9 Å². The van der Waals surface area contributed by atoms with Gasteiger partial charge in [0.05, 0.1) is 16.6 Å². The predicted octanol–water partition coefficient (Wildman–Crippen LogP) is 3.57. The van der Waals surface area contributed by atoms with E-state index in [0.29, 0.717) is 17.3 Å². The molecule has 134 valence electrons. The molecule has 1 heterocycles. The van der Waals surface area contributed by atoms with E-state index < -0.39 is 4.92 Å². The number of rotatable bonds is 4. The van der Waals surface area contributed by atoms with Gasteiger partial charge in [-0.05, 0) is 31.0 Å². The molecule has 26 heavy (non-hydrogen) atoms. The minimum absolute atomic E-state index is 0.00760. The van der Waals surface area contributed by atoms with E-state index in [-0.39, 0.29) is 5.69 Å². The zero-order chi connectivity index (χ0) is 18.5. The Morgan fingerprint density at radius 1 is 1.19 bits per heavy atom. The molecule has 1 fully saturated rings. The summed E-state index contributed by atoms with van der Waals surface area (Å²) in [6, 6.07) is 17.5. The number of nitro benzene ring substituents is 1. The summed E-state index contributed by atoms with van der Waals surface area (Å²) in [4.78, 5) is 15.5. The van der Waals surface area contributed by atoms with Crippen LogP contribution in [0.1, 0.15) is 24.5 Å². The maximum Gasteiger partial charge on any atom is 0.293 e. The van der Waals surface area contributed by atoms with Gasteiger partial charge < -0.3 is 4.90 Å². The van der Waals surface area contributed by atoms with Gasteiger partial charge in [0.2, 0.25) is 0 Å². The molecule has 2 aromatic rings. The molecule has 0 saturated carbocycles. The summed E-state index contributed by atoms with van der Waals surface area (Å²) in [6.07, 6.45) is 0.935. The molecule has 2 aromatic carbocycles. The van der Waals surface area contributed by atoms with Gasteiger partial charge in [-0.2, -0.15) is 5.26 Å². The minimum atomic E-state index is -0.397. The molecule has 0 spiro atoms. The van der Waals surface area contributed by atoms with Crippen molar-refractivity contribution in [2.75, 3.05) is 24.5 Å². The van der Waals surface area contributed by atoms with Crippen molar-refractivity contribution in [1.29, 1.82) is 5.26 Å². The quantitative estimate of drug-likeness (QED) is 0.622. The predicted molar refractivity (Wildman–Crippen MR) is 101 cm³/mol. The normalized spacial score (nSPS) is 18.2. The molecule has 0 N–H and O–H groups in total. The molecule has 6 heteroatoms. The summed E-state index contributed by atoms with van der Waals surface area (Å²) in [5, 5.41) is 20.5. The van der Waals surface area contributed by atoms with E-state index in [9.17, 15) is 10.1 Å². The Morgan fingerprint density at radius 2 is 1.96 bits per heavy atom. The molecule has 1 unspecified atom stereocenters.